The lowest BCUT2D eigenvalue weighted by Gasteiger charge is -2.38. The maximum absolute atomic E-state index is 12.9. The predicted molar refractivity (Wildman–Crippen MR) is 119 cm³/mol. The molecule has 7 heteroatoms. The summed E-state index contributed by atoms with van der Waals surface area (Å²) in [5.74, 6) is 0.253. The van der Waals surface area contributed by atoms with Gasteiger partial charge in [0.15, 0.2) is 8.32 Å². The van der Waals surface area contributed by atoms with Gasteiger partial charge in [-0.05, 0) is 77.9 Å². The number of hydrogen-bond acceptors (Lipinski definition) is 5. The second-order valence-corrected chi connectivity index (χ2v) is 16.1. The van der Waals surface area contributed by atoms with Crippen molar-refractivity contribution in [1.29, 1.82) is 0 Å². The molecule has 1 rings (SSSR count). The SMILES string of the molecule is CC(C)(C)OC(=O)N1C(C[C@H](CCCO)CO[Si](C)(C)C(C)(C)C)COC1(C)C. The molecule has 6 nitrogen and oxygen atoms in total. The molecule has 172 valence electrons. The second-order valence-electron chi connectivity index (χ2n) is 11.3. The van der Waals surface area contributed by atoms with Crippen molar-refractivity contribution in [3.05, 3.63) is 0 Å². The molecule has 0 aromatic carbocycles. The molecular weight excluding hydrogens is 386 g/mol. The molecule has 1 saturated heterocycles. The van der Waals surface area contributed by atoms with Gasteiger partial charge in [0.05, 0.1) is 12.6 Å². The van der Waals surface area contributed by atoms with E-state index in [1.165, 1.54) is 0 Å². The largest absolute Gasteiger partial charge is 0.444 e. The first-order chi connectivity index (χ1) is 13.0. The lowest BCUT2D eigenvalue weighted by molar-refractivity contribution is -0.0633. The molecule has 29 heavy (non-hydrogen) atoms. The summed E-state index contributed by atoms with van der Waals surface area (Å²) in [6.07, 6.45) is 2.03. The minimum absolute atomic E-state index is 0.0634. The summed E-state index contributed by atoms with van der Waals surface area (Å²) >= 11 is 0. The van der Waals surface area contributed by atoms with Gasteiger partial charge >= 0.3 is 6.09 Å². The second kappa shape index (κ2) is 9.67. The summed E-state index contributed by atoms with van der Waals surface area (Å²) in [6, 6.07) is -0.0634. The van der Waals surface area contributed by atoms with Crippen LogP contribution in [0.15, 0.2) is 0 Å². The molecule has 1 aliphatic rings. The topological polar surface area (TPSA) is 68.2 Å². The monoisotopic (exact) mass is 431 g/mol. The van der Waals surface area contributed by atoms with E-state index in [9.17, 15) is 9.90 Å². The van der Waals surface area contributed by atoms with Crippen molar-refractivity contribution >= 4 is 14.4 Å². The van der Waals surface area contributed by atoms with Gasteiger partial charge in [0.25, 0.3) is 0 Å². The van der Waals surface area contributed by atoms with E-state index < -0.39 is 19.6 Å². The van der Waals surface area contributed by atoms with Crippen LogP contribution >= 0.6 is 0 Å². The Kier molecular flexibility index (Phi) is 8.80. The quantitative estimate of drug-likeness (QED) is 0.538. The zero-order valence-corrected chi connectivity index (χ0v) is 21.4. The standard InChI is InChI=1S/C22H45NO5Si/c1-20(2,3)28-19(25)23-18(16-26-22(23,7)8)14-17(12-11-13-24)15-27-29(9,10)21(4,5)6/h17-18,24H,11-16H2,1-10H3/t17-,18?/m0/s1. The van der Waals surface area contributed by atoms with Crippen molar-refractivity contribution in [3.8, 4) is 0 Å². The third kappa shape index (κ3) is 7.85. The Labute approximate surface area is 179 Å². The maximum atomic E-state index is 12.9. The fourth-order valence-electron chi connectivity index (χ4n) is 3.31. The maximum Gasteiger partial charge on any atom is 0.412 e. The van der Waals surface area contributed by atoms with E-state index in [1.807, 2.05) is 34.6 Å². The van der Waals surface area contributed by atoms with Gasteiger partial charge in [0.1, 0.15) is 11.3 Å². The minimum Gasteiger partial charge on any atom is -0.444 e. The number of carbonyl (C=O) groups excluding carboxylic acids is 1. The van der Waals surface area contributed by atoms with Crippen molar-refractivity contribution in [2.24, 2.45) is 5.92 Å². The van der Waals surface area contributed by atoms with Crippen LogP contribution in [0.25, 0.3) is 0 Å². The van der Waals surface area contributed by atoms with Crippen molar-refractivity contribution in [3.63, 3.8) is 0 Å². The number of carbonyl (C=O) groups is 1. The molecule has 0 bridgehead atoms. The lowest BCUT2D eigenvalue weighted by atomic mass is 9.95. The molecule has 1 fully saturated rings. The molecule has 0 saturated carbocycles. The first-order valence-electron chi connectivity index (χ1n) is 10.9. The van der Waals surface area contributed by atoms with Crippen LogP contribution < -0.4 is 0 Å². The molecule has 2 atom stereocenters. The van der Waals surface area contributed by atoms with Gasteiger partial charge in [-0.3, -0.25) is 4.90 Å². The summed E-state index contributed by atoms with van der Waals surface area (Å²) in [6.45, 7) is 22.0. The van der Waals surface area contributed by atoms with Crippen molar-refractivity contribution in [2.75, 3.05) is 19.8 Å². The summed E-state index contributed by atoms with van der Waals surface area (Å²) in [5.41, 5.74) is -1.25. The Balaban J connectivity index is 2.91. The van der Waals surface area contributed by atoms with Gasteiger partial charge in [-0.15, -0.1) is 0 Å². The predicted octanol–water partition coefficient (Wildman–Crippen LogP) is 5.16. The van der Waals surface area contributed by atoms with Crippen LogP contribution in [-0.2, 0) is 13.9 Å². The number of aliphatic hydroxyl groups excluding tert-OH is 1. The Hall–Kier alpha value is -0.633. The number of nitrogens with zero attached hydrogens (tertiary/aromatic N) is 1. The smallest absolute Gasteiger partial charge is 0.412 e. The number of rotatable bonds is 8. The summed E-state index contributed by atoms with van der Waals surface area (Å²) in [7, 11) is -1.86. The van der Waals surface area contributed by atoms with E-state index >= 15 is 0 Å². The van der Waals surface area contributed by atoms with Crippen LogP contribution in [0, 0.1) is 5.92 Å². The van der Waals surface area contributed by atoms with Crippen molar-refractivity contribution in [1.82, 2.24) is 4.90 Å². The normalized spacial score (nSPS) is 21.3. The van der Waals surface area contributed by atoms with E-state index in [0.29, 0.717) is 13.2 Å². The van der Waals surface area contributed by atoms with E-state index in [4.69, 9.17) is 13.9 Å². The van der Waals surface area contributed by atoms with Gasteiger partial charge in [-0.25, -0.2) is 4.79 Å². The van der Waals surface area contributed by atoms with Gasteiger partial charge in [-0.2, -0.15) is 0 Å². The van der Waals surface area contributed by atoms with Crippen LogP contribution in [-0.4, -0.2) is 61.6 Å². The number of amides is 1. The molecule has 0 aliphatic carbocycles. The first kappa shape index (κ1) is 26.4. The third-order valence-electron chi connectivity index (χ3n) is 6.03. The summed E-state index contributed by atoms with van der Waals surface area (Å²) in [5, 5.41) is 9.49. The van der Waals surface area contributed by atoms with E-state index in [0.717, 1.165) is 19.3 Å². The highest BCUT2D eigenvalue weighted by atomic mass is 28.4. The molecule has 0 aromatic rings. The average molecular weight is 432 g/mol. The molecule has 1 N–H and O–H groups in total. The van der Waals surface area contributed by atoms with Gasteiger partial charge < -0.3 is 19.0 Å². The number of aliphatic hydroxyl groups is 1. The molecule has 0 spiro atoms. The Morgan fingerprint density at radius 1 is 1.24 bits per heavy atom. The van der Waals surface area contributed by atoms with Gasteiger partial charge in [0, 0.05) is 13.2 Å². The van der Waals surface area contributed by atoms with E-state index in [1.54, 1.807) is 4.90 Å². The highest BCUT2D eigenvalue weighted by Gasteiger charge is 2.46. The van der Waals surface area contributed by atoms with E-state index in [2.05, 4.69) is 33.9 Å². The Bertz CT molecular complexity index is 536. The minimum atomic E-state index is -1.86. The van der Waals surface area contributed by atoms with Crippen LogP contribution in [0.3, 0.4) is 0 Å². The van der Waals surface area contributed by atoms with Crippen LogP contribution in [0.5, 0.6) is 0 Å². The summed E-state index contributed by atoms with van der Waals surface area (Å²) in [4.78, 5) is 14.6. The van der Waals surface area contributed by atoms with Crippen molar-refractivity contribution < 1.29 is 23.8 Å². The molecular formula is C22H45NO5Si. The zero-order chi connectivity index (χ0) is 22.7. The highest BCUT2D eigenvalue weighted by Crippen LogP contribution is 2.38. The van der Waals surface area contributed by atoms with Crippen molar-refractivity contribution in [2.45, 2.75) is 110 Å². The fourth-order valence-corrected chi connectivity index (χ4v) is 4.40. The van der Waals surface area contributed by atoms with Crippen LogP contribution in [0.4, 0.5) is 4.79 Å². The zero-order valence-electron chi connectivity index (χ0n) is 20.4. The molecule has 1 amide bonds. The number of ether oxygens (including phenoxy) is 2. The molecule has 1 unspecified atom stereocenters. The molecule has 0 aromatic heterocycles. The third-order valence-corrected chi connectivity index (χ3v) is 10.5. The highest BCUT2D eigenvalue weighted by molar-refractivity contribution is 6.74. The summed E-state index contributed by atoms with van der Waals surface area (Å²) < 4.78 is 18.1. The lowest BCUT2D eigenvalue weighted by Crippen LogP contribution is -2.50. The Morgan fingerprint density at radius 3 is 2.31 bits per heavy atom. The Morgan fingerprint density at radius 2 is 1.83 bits per heavy atom. The molecule has 1 heterocycles. The van der Waals surface area contributed by atoms with Gasteiger partial charge in [0.2, 0.25) is 0 Å². The fraction of sp³-hybridized carbons (Fsp3) is 0.955. The molecule has 1 aliphatic heterocycles. The average Bonchev–Trinajstić information content (AvgIpc) is 2.81. The first-order valence-corrected chi connectivity index (χ1v) is 13.8. The van der Waals surface area contributed by atoms with Crippen LogP contribution in [0.1, 0.15) is 74.7 Å². The van der Waals surface area contributed by atoms with Gasteiger partial charge in [-0.1, -0.05) is 20.8 Å². The molecule has 0 radical (unpaired) electrons. The van der Waals surface area contributed by atoms with Crippen LogP contribution in [0.2, 0.25) is 18.1 Å². The van der Waals surface area contributed by atoms with E-state index in [-0.39, 0.29) is 29.7 Å². The number of hydrogen-bond donors (Lipinski definition) is 1.